The predicted octanol–water partition coefficient (Wildman–Crippen LogP) is 2.22. The topological polar surface area (TPSA) is 55.1 Å². The molecule has 16 heavy (non-hydrogen) atoms. The standard InChI is InChI=1S/C12H16N2O2/c1-3-15-12(16-4-2)10-6-8-14-11(9-10)5-7-13/h6,8-9,12H,3-5H2,1-2H3. The molecule has 0 N–H and O–H groups in total. The summed E-state index contributed by atoms with van der Waals surface area (Å²) in [7, 11) is 0. The van der Waals surface area contributed by atoms with Crippen molar-refractivity contribution < 1.29 is 9.47 Å². The van der Waals surface area contributed by atoms with Crippen LogP contribution in [0.1, 0.15) is 31.4 Å². The van der Waals surface area contributed by atoms with E-state index in [0.29, 0.717) is 19.6 Å². The molecule has 86 valence electrons. The molecule has 0 fully saturated rings. The number of ether oxygens (including phenoxy) is 2. The molecule has 0 unspecified atom stereocenters. The summed E-state index contributed by atoms with van der Waals surface area (Å²) in [5.74, 6) is 0. The van der Waals surface area contributed by atoms with Crippen LogP contribution in [0.5, 0.6) is 0 Å². The van der Waals surface area contributed by atoms with Crippen molar-refractivity contribution in [3.63, 3.8) is 0 Å². The molecule has 4 nitrogen and oxygen atoms in total. The lowest BCUT2D eigenvalue weighted by molar-refractivity contribution is -0.140. The molecule has 4 heteroatoms. The molecule has 0 aliphatic rings. The van der Waals surface area contributed by atoms with E-state index in [0.717, 1.165) is 11.3 Å². The smallest absolute Gasteiger partial charge is 0.183 e. The maximum Gasteiger partial charge on any atom is 0.183 e. The third-order valence-corrected chi connectivity index (χ3v) is 2.01. The first-order chi connectivity index (χ1) is 7.81. The largest absolute Gasteiger partial charge is 0.349 e. The van der Waals surface area contributed by atoms with E-state index < -0.39 is 0 Å². The fourth-order valence-electron chi connectivity index (χ4n) is 1.36. The van der Waals surface area contributed by atoms with Gasteiger partial charge in [-0.1, -0.05) is 0 Å². The number of hydrogen-bond acceptors (Lipinski definition) is 4. The molecule has 0 saturated heterocycles. The molecule has 0 spiro atoms. The number of nitrogens with zero attached hydrogens (tertiary/aromatic N) is 2. The summed E-state index contributed by atoms with van der Waals surface area (Å²) in [5.41, 5.74) is 1.65. The number of rotatable bonds is 6. The molecule has 0 bridgehead atoms. The SMILES string of the molecule is CCOC(OCC)c1ccnc(CC#N)c1. The lowest BCUT2D eigenvalue weighted by Gasteiger charge is -2.17. The second kappa shape index (κ2) is 6.94. The average Bonchev–Trinajstić information content (AvgIpc) is 2.30. The van der Waals surface area contributed by atoms with Crippen LogP contribution in [0.3, 0.4) is 0 Å². The molecule has 1 aromatic heterocycles. The average molecular weight is 220 g/mol. The maximum absolute atomic E-state index is 8.60. The molecule has 0 saturated carbocycles. The van der Waals surface area contributed by atoms with Crippen LogP contribution in [0.25, 0.3) is 0 Å². The molecule has 0 atom stereocenters. The molecular weight excluding hydrogens is 204 g/mol. The first-order valence-electron chi connectivity index (χ1n) is 5.36. The van der Waals surface area contributed by atoms with Gasteiger partial charge in [0, 0.05) is 25.0 Å². The Morgan fingerprint density at radius 1 is 1.38 bits per heavy atom. The van der Waals surface area contributed by atoms with Crippen LogP contribution in [0.15, 0.2) is 18.3 Å². The van der Waals surface area contributed by atoms with Gasteiger partial charge in [-0.3, -0.25) is 4.98 Å². The number of pyridine rings is 1. The van der Waals surface area contributed by atoms with Crippen LogP contribution in [-0.2, 0) is 15.9 Å². The van der Waals surface area contributed by atoms with Gasteiger partial charge in [0.2, 0.25) is 0 Å². The number of hydrogen-bond donors (Lipinski definition) is 0. The lowest BCUT2D eigenvalue weighted by Crippen LogP contribution is -2.09. The van der Waals surface area contributed by atoms with E-state index in [9.17, 15) is 0 Å². The van der Waals surface area contributed by atoms with E-state index >= 15 is 0 Å². The van der Waals surface area contributed by atoms with Crippen molar-refractivity contribution in [1.82, 2.24) is 4.98 Å². The zero-order chi connectivity index (χ0) is 11.8. The Morgan fingerprint density at radius 2 is 2.06 bits per heavy atom. The van der Waals surface area contributed by atoms with Crippen LogP contribution >= 0.6 is 0 Å². The van der Waals surface area contributed by atoms with Crippen molar-refractivity contribution in [2.24, 2.45) is 0 Å². The summed E-state index contributed by atoms with van der Waals surface area (Å²) < 4.78 is 10.9. The van der Waals surface area contributed by atoms with Gasteiger partial charge in [0.15, 0.2) is 6.29 Å². The van der Waals surface area contributed by atoms with Crippen LogP contribution in [0.2, 0.25) is 0 Å². The summed E-state index contributed by atoms with van der Waals surface area (Å²) in [6.07, 6.45) is 1.61. The molecule has 1 heterocycles. The zero-order valence-electron chi connectivity index (χ0n) is 9.64. The van der Waals surface area contributed by atoms with E-state index in [1.54, 1.807) is 6.20 Å². The number of nitriles is 1. The second-order valence-corrected chi connectivity index (χ2v) is 3.16. The number of aromatic nitrogens is 1. The third-order valence-electron chi connectivity index (χ3n) is 2.01. The van der Waals surface area contributed by atoms with Gasteiger partial charge in [0.25, 0.3) is 0 Å². The highest BCUT2D eigenvalue weighted by molar-refractivity contribution is 5.19. The van der Waals surface area contributed by atoms with Crippen LogP contribution in [0, 0.1) is 11.3 Å². The minimum atomic E-state index is -0.365. The Morgan fingerprint density at radius 3 is 2.62 bits per heavy atom. The Kier molecular flexibility index (Phi) is 5.48. The van der Waals surface area contributed by atoms with Crippen molar-refractivity contribution in [3.05, 3.63) is 29.6 Å². The third kappa shape index (κ3) is 3.61. The molecular formula is C12H16N2O2. The highest BCUT2D eigenvalue weighted by Crippen LogP contribution is 2.19. The fourth-order valence-corrected chi connectivity index (χ4v) is 1.36. The minimum absolute atomic E-state index is 0.304. The van der Waals surface area contributed by atoms with Gasteiger partial charge in [-0.25, -0.2) is 0 Å². The maximum atomic E-state index is 8.60. The first kappa shape index (κ1) is 12.6. The molecule has 0 aromatic carbocycles. The van der Waals surface area contributed by atoms with Gasteiger partial charge < -0.3 is 9.47 Å². The summed E-state index contributed by atoms with van der Waals surface area (Å²) in [5, 5.41) is 8.60. The van der Waals surface area contributed by atoms with Crippen LogP contribution in [-0.4, -0.2) is 18.2 Å². The van der Waals surface area contributed by atoms with Gasteiger partial charge in [-0.05, 0) is 26.0 Å². The van der Waals surface area contributed by atoms with Gasteiger partial charge >= 0.3 is 0 Å². The lowest BCUT2D eigenvalue weighted by atomic mass is 10.2. The van der Waals surface area contributed by atoms with Gasteiger partial charge in [-0.2, -0.15) is 5.26 Å². The van der Waals surface area contributed by atoms with Crippen molar-refractivity contribution in [3.8, 4) is 6.07 Å². The van der Waals surface area contributed by atoms with Gasteiger partial charge in [-0.15, -0.1) is 0 Å². The minimum Gasteiger partial charge on any atom is -0.349 e. The van der Waals surface area contributed by atoms with E-state index in [1.165, 1.54) is 0 Å². The van der Waals surface area contributed by atoms with E-state index in [4.69, 9.17) is 14.7 Å². The molecule has 0 amide bonds. The molecule has 0 aliphatic carbocycles. The van der Waals surface area contributed by atoms with E-state index in [-0.39, 0.29) is 6.29 Å². The van der Waals surface area contributed by atoms with Crippen molar-refractivity contribution in [2.75, 3.05) is 13.2 Å². The highest BCUT2D eigenvalue weighted by Gasteiger charge is 2.11. The monoisotopic (exact) mass is 220 g/mol. The first-order valence-corrected chi connectivity index (χ1v) is 5.36. The Balaban J connectivity index is 2.82. The summed E-state index contributed by atoms with van der Waals surface area (Å²) in [6, 6.07) is 5.76. The molecule has 0 radical (unpaired) electrons. The Labute approximate surface area is 95.8 Å². The van der Waals surface area contributed by atoms with Gasteiger partial charge in [0.05, 0.1) is 18.2 Å². The van der Waals surface area contributed by atoms with Crippen molar-refractivity contribution in [2.45, 2.75) is 26.6 Å². The normalized spacial score (nSPS) is 10.4. The molecule has 0 aliphatic heterocycles. The quantitative estimate of drug-likeness (QED) is 0.690. The van der Waals surface area contributed by atoms with Crippen LogP contribution < -0.4 is 0 Å². The van der Waals surface area contributed by atoms with E-state index in [1.807, 2.05) is 26.0 Å². The fraction of sp³-hybridized carbons (Fsp3) is 0.500. The Bertz CT molecular complexity index is 354. The zero-order valence-corrected chi connectivity index (χ0v) is 9.64. The summed E-state index contributed by atoms with van der Waals surface area (Å²) in [6.45, 7) is 5.01. The molecule has 1 aromatic rings. The Hall–Kier alpha value is -1.44. The van der Waals surface area contributed by atoms with Crippen molar-refractivity contribution in [1.29, 1.82) is 5.26 Å². The summed E-state index contributed by atoms with van der Waals surface area (Å²) >= 11 is 0. The van der Waals surface area contributed by atoms with E-state index in [2.05, 4.69) is 11.1 Å². The highest BCUT2D eigenvalue weighted by atomic mass is 16.7. The van der Waals surface area contributed by atoms with Crippen molar-refractivity contribution >= 4 is 0 Å². The molecule has 1 rings (SSSR count). The van der Waals surface area contributed by atoms with Crippen LogP contribution in [0.4, 0.5) is 0 Å². The second-order valence-electron chi connectivity index (χ2n) is 3.16. The van der Waals surface area contributed by atoms with Gasteiger partial charge in [0.1, 0.15) is 0 Å². The summed E-state index contributed by atoms with van der Waals surface area (Å²) in [4.78, 5) is 4.10. The predicted molar refractivity (Wildman–Crippen MR) is 59.5 cm³/mol.